The van der Waals surface area contributed by atoms with Crippen molar-refractivity contribution in [3.05, 3.63) is 28.2 Å². The van der Waals surface area contributed by atoms with Gasteiger partial charge in [-0.3, -0.25) is 4.79 Å². The van der Waals surface area contributed by atoms with Crippen molar-refractivity contribution < 1.29 is 9.53 Å². The minimum Gasteiger partial charge on any atom is -0.497 e. The Morgan fingerprint density at radius 2 is 2.25 bits per heavy atom. The fraction of sp³-hybridized carbons (Fsp3) is 0.417. The number of carbonyl (C=O) groups is 1. The second kappa shape index (κ2) is 6.92. The zero-order chi connectivity index (χ0) is 12.0. The third-order valence-electron chi connectivity index (χ3n) is 2.23. The highest BCUT2D eigenvalue weighted by Gasteiger charge is 2.08. The molecule has 16 heavy (non-hydrogen) atoms. The number of ketones is 1. The number of benzene rings is 1. The molecule has 88 valence electrons. The Kier molecular flexibility index (Phi) is 5.85. The molecule has 0 aliphatic rings. The van der Waals surface area contributed by atoms with Gasteiger partial charge in [-0.05, 0) is 30.2 Å². The Balaban J connectivity index is 2.68. The van der Waals surface area contributed by atoms with Crippen LogP contribution in [0.5, 0.6) is 5.75 Å². The Morgan fingerprint density at radius 3 is 2.88 bits per heavy atom. The molecule has 0 unspecified atom stereocenters. The summed E-state index contributed by atoms with van der Waals surface area (Å²) >= 11 is 8.97. The maximum Gasteiger partial charge on any atom is 0.137 e. The largest absolute Gasteiger partial charge is 0.497 e. The van der Waals surface area contributed by atoms with Gasteiger partial charge in [0.2, 0.25) is 0 Å². The van der Waals surface area contributed by atoms with Crippen molar-refractivity contribution in [2.75, 3.05) is 13.0 Å². The number of halogens is 2. The topological polar surface area (TPSA) is 26.3 Å². The van der Waals surface area contributed by atoms with E-state index in [1.165, 1.54) is 0 Å². The number of hydrogen-bond acceptors (Lipinski definition) is 2. The first-order chi connectivity index (χ1) is 7.67. The van der Waals surface area contributed by atoms with Crippen molar-refractivity contribution in [3.8, 4) is 5.75 Å². The van der Waals surface area contributed by atoms with Crippen molar-refractivity contribution in [2.24, 2.45) is 0 Å². The lowest BCUT2D eigenvalue weighted by molar-refractivity contribution is -0.118. The molecule has 0 spiro atoms. The molecule has 0 aliphatic heterocycles. The summed E-state index contributed by atoms with van der Waals surface area (Å²) in [4.78, 5) is 11.6. The predicted octanol–water partition coefficient (Wildman–Crippen LogP) is 3.59. The number of carbonyl (C=O) groups excluding carboxylic acids is 1. The van der Waals surface area contributed by atoms with E-state index in [-0.39, 0.29) is 5.78 Å². The van der Waals surface area contributed by atoms with Gasteiger partial charge in [-0.1, -0.05) is 15.9 Å². The smallest absolute Gasteiger partial charge is 0.137 e. The standard InChI is InChI=1S/C12H14BrClO2/c1-16-11-4-5-12(13)9(8-11)7-10(15)3-2-6-14/h4-5,8H,2-3,6-7H2,1H3. The van der Waals surface area contributed by atoms with Crippen molar-refractivity contribution in [3.63, 3.8) is 0 Å². The van der Waals surface area contributed by atoms with Crippen molar-refractivity contribution >= 4 is 33.3 Å². The van der Waals surface area contributed by atoms with Crippen LogP contribution in [0.3, 0.4) is 0 Å². The Bertz CT molecular complexity index is 366. The minimum atomic E-state index is 0.203. The monoisotopic (exact) mass is 304 g/mol. The zero-order valence-electron chi connectivity index (χ0n) is 9.13. The summed E-state index contributed by atoms with van der Waals surface area (Å²) in [6.07, 6.45) is 1.70. The highest BCUT2D eigenvalue weighted by atomic mass is 79.9. The average molecular weight is 306 g/mol. The Labute approximate surface area is 109 Å². The van der Waals surface area contributed by atoms with E-state index in [9.17, 15) is 4.79 Å². The summed E-state index contributed by atoms with van der Waals surface area (Å²) in [5, 5.41) is 0. The molecular formula is C12H14BrClO2. The second-order valence-corrected chi connectivity index (χ2v) is 4.70. The maximum atomic E-state index is 11.6. The zero-order valence-corrected chi connectivity index (χ0v) is 11.5. The molecule has 0 saturated carbocycles. The van der Waals surface area contributed by atoms with E-state index in [2.05, 4.69) is 15.9 Å². The number of methoxy groups -OCH3 is 1. The molecule has 1 rings (SSSR count). The van der Waals surface area contributed by atoms with E-state index < -0.39 is 0 Å². The number of hydrogen-bond donors (Lipinski definition) is 0. The summed E-state index contributed by atoms with van der Waals surface area (Å²) in [6.45, 7) is 0. The molecule has 1 aromatic rings. The fourth-order valence-electron chi connectivity index (χ4n) is 1.38. The Hall–Kier alpha value is -0.540. The molecule has 0 fully saturated rings. The lowest BCUT2D eigenvalue weighted by atomic mass is 10.1. The molecule has 0 amide bonds. The van der Waals surface area contributed by atoms with E-state index in [1.807, 2.05) is 18.2 Å². The molecule has 0 heterocycles. The summed E-state index contributed by atoms with van der Waals surface area (Å²) < 4.78 is 6.06. The molecule has 4 heteroatoms. The van der Waals surface area contributed by atoms with E-state index in [4.69, 9.17) is 16.3 Å². The van der Waals surface area contributed by atoms with Crippen LogP contribution in [0.25, 0.3) is 0 Å². The summed E-state index contributed by atoms with van der Waals surface area (Å²) in [5.74, 6) is 1.50. The first-order valence-electron chi connectivity index (χ1n) is 5.07. The first kappa shape index (κ1) is 13.5. The van der Waals surface area contributed by atoms with Gasteiger partial charge in [-0.25, -0.2) is 0 Å². The molecule has 0 aliphatic carbocycles. The molecule has 2 nitrogen and oxygen atoms in total. The molecule has 1 aromatic carbocycles. The second-order valence-electron chi connectivity index (χ2n) is 3.47. The number of alkyl halides is 1. The highest BCUT2D eigenvalue weighted by molar-refractivity contribution is 9.10. The van der Waals surface area contributed by atoms with Gasteiger partial charge in [0.05, 0.1) is 7.11 Å². The molecule has 0 atom stereocenters. The normalized spacial score (nSPS) is 10.2. The molecular weight excluding hydrogens is 291 g/mol. The molecule has 0 saturated heterocycles. The summed E-state index contributed by atoms with van der Waals surface area (Å²) in [6, 6.07) is 5.63. The van der Waals surface area contributed by atoms with Crippen molar-refractivity contribution in [1.82, 2.24) is 0 Å². The van der Waals surface area contributed by atoms with E-state index in [0.717, 1.165) is 22.2 Å². The van der Waals surface area contributed by atoms with E-state index in [1.54, 1.807) is 7.11 Å². The van der Waals surface area contributed by atoms with E-state index >= 15 is 0 Å². The quantitative estimate of drug-likeness (QED) is 0.751. The Morgan fingerprint density at radius 1 is 1.50 bits per heavy atom. The van der Waals surface area contributed by atoms with Crippen LogP contribution in [0.2, 0.25) is 0 Å². The van der Waals surface area contributed by atoms with Crippen LogP contribution in [0.4, 0.5) is 0 Å². The highest BCUT2D eigenvalue weighted by Crippen LogP contribution is 2.23. The maximum absolute atomic E-state index is 11.6. The molecule has 0 aromatic heterocycles. The predicted molar refractivity (Wildman–Crippen MR) is 69.4 cm³/mol. The van der Waals surface area contributed by atoms with Gasteiger partial charge in [-0.15, -0.1) is 11.6 Å². The third kappa shape index (κ3) is 4.14. The van der Waals surface area contributed by atoms with Crippen molar-refractivity contribution in [2.45, 2.75) is 19.3 Å². The van der Waals surface area contributed by atoms with Gasteiger partial charge in [0.15, 0.2) is 0 Å². The van der Waals surface area contributed by atoms with Crippen LogP contribution in [-0.4, -0.2) is 18.8 Å². The molecule has 0 radical (unpaired) electrons. The third-order valence-corrected chi connectivity index (χ3v) is 3.27. The van der Waals surface area contributed by atoms with Crippen molar-refractivity contribution in [1.29, 1.82) is 0 Å². The van der Waals surface area contributed by atoms with Gasteiger partial charge < -0.3 is 4.74 Å². The van der Waals surface area contributed by atoms with Gasteiger partial charge in [0.25, 0.3) is 0 Å². The number of Topliss-reactive ketones (excluding diaryl/α,β-unsaturated/α-hetero) is 1. The number of rotatable bonds is 6. The first-order valence-corrected chi connectivity index (χ1v) is 6.40. The van der Waals surface area contributed by atoms with Gasteiger partial charge >= 0.3 is 0 Å². The van der Waals surface area contributed by atoms with E-state index in [0.29, 0.717) is 18.7 Å². The summed E-state index contributed by atoms with van der Waals surface area (Å²) in [5.41, 5.74) is 0.957. The molecule has 0 bridgehead atoms. The lowest BCUT2D eigenvalue weighted by Gasteiger charge is -2.06. The minimum absolute atomic E-state index is 0.203. The van der Waals surface area contributed by atoms with Gasteiger partial charge in [-0.2, -0.15) is 0 Å². The van der Waals surface area contributed by atoms with Gasteiger partial charge in [0.1, 0.15) is 11.5 Å². The SMILES string of the molecule is COc1ccc(Br)c(CC(=O)CCCCl)c1. The lowest BCUT2D eigenvalue weighted by Crippen LogP contribution is -2.03. The van der Waals surface area contributed by atoms with Crippen LogP contribution in [-0.2, 0) is 11.2 Å². The van der Waals surface area contributed by atoms with Gasteiger partial charge in [0, 0.05) is 23.2 Å². The fourth-order valence-corrected chi connectivity index (χ4v) is 1.90. The van der Waals surface area contributed by atoms with Crippen LogP contribution in [0.1, 0.15) is 18.4 Å². The van der Waals surface area contributed by atoms with Crippen LogP contribution >= 0.6 is 27.5 Å². The summed E-state index contributed by atoms with van der Waals surface area (Å²) in [7, 11) is 1.61. The molecule has 0 N–H and O–H groups in total. The van der Waals surface area contributed by atoms with Crippen LogP contribution in [0.15, 0.2) is 22.7 Å². The van der Waals surface area contributed by atoms with Crippen LogP contribution in [0, 0.1) is 0 Å². The number of ether oxygens (including phenoxy) is 1. The van der Waals surface area contributed by atoms with Crippen LogP contribution < -0.4 is 4.74 Å². The average Bonchev–Trinajstić information content (AvgIpc) is 2.29.